The topological polar surface area (TPSA) is 50.3 Å². The molecule has 0 aliphatic heterocycles. The molecule has 0 aliphatic rings. The lowest BCUT2D eigenvalue weighted by molar-refractivity contribution is 0.596. The van der Waals surface area contributed by atoms with E-state index < -0.39 is 9.84 Å². The first-order valence-corrected chi connectivity index (χ1v) is 9.25. The molecule has 0 radical (unpaired) electrons. The van der Waals surface area contributed by atoms with Crippen molar-refractivity contribution in [2.24, 2.45) is 0 Å². The average Bonchev–Trinajstić information content (AvgIpc) is 2.53. The van der Waals surface area contributed by atoms with Gasteiger partial charge in [0.25, 0.3) is 0 Å². The molecule has 0 fully saturated rings. The Labute approximate surface area is 143 Å². The number of nitrogens with zero attached hydrogens (tertiary/aromatic N) is 2. The van der Waals surface area contributed by atoms with Crippen molar-refractivity contribution in [2.45, 2.75) is 9.79 Å². The number of hydrogen-bond donors (Lipinski definition) is 0. The monoisotopic (exact) mass is 390 g/mol. The maximum Gasteiger partial charge on any atom is 0.207 e. The summed E-state index contributed by atoms with van der Waals surface area (Å²) < 4.78 is 26.7. The molecule has 4 nitrogen and oxygen atoms in total. The van der Waals surface area contributed by atoms with Crippen molar-refractivity contribution in [3.05, 3.63) is 59.2 Å². The Morgan fingerprint density at radius 2 is 1.70 bits per heavy atom. The Balaban J connectivity index is 2.26. The fraction of sp³-hybridized carbons (Fsp3) is 0.118. The first kappa shape index (κ1) is 16.0. The van der Waals surface area contributed by atoms with Crippen LogP contribution in [0.25, 0.3) is 10.8 Å². The lowest BCUT2D eigenvalue weighted by Gasteiger charge is -2.14. The number of hydrogen-bond acceptors (Lipinski definition) is 4. The molecule has 0 unspecified atom stereocenters. The molecule has 0 saturated carbocycles. The highest BCUT2D eigenvalue weighted by atomic mass is 79.9. The summed E-state index contributed by atoms with van der Waals surface area (Å²) in [7, 11) is 0.00425. The number of fused-ring (bicyclic) bond motifs is 1. The van der Waals surface area contributed by atoms with Crippen LogP contribution in [0.4, 0.5) is 5.82 Å². The second-order valence-electron chi connectivity index (χ2n) is 5.36. The van der Waals surface area contributed by atoms with Crippen LogP contribution in [0.5, 0.6) is 0 Å². The van der Waals surface area contributed by atoms with E-state index in [9.17, 15) is 8.42 Å². The Bertz CT molecular complexity index is 980. The zero-order valence-corrected chi connectivity index (χ0v) is 15.1. The smallest absolute Gasteiger partial charge is 0.207 e. The van der Waals surface area contributed by atoms with Gasteiger partial charge in [-0.2, -0.15) is 0 Å². The van der Waals surface area contributed by atoms with Crippen LogP contribution in [0.2, 0.25) is 0 Å². The molecule has 2 aromatic carbocycles. The molecular weight excluding hydrogens is 376 g/mol. The van der Waals surface area contributed by atoms with Gasteiger partial charge in [-0.15, -0.1) is 0 Å². The van der Waals surface area contributed by atoms with E-state index in [-0.39, 0.29) is 4.90 Å². The summed E-state index contributed by atoms with van der Waals surface area (Å²) in [5.41, 5.74) is 0. The largest absolute Gasteiger partial charge is 0.363 e. The molecule has 0 atom stereocenters. The van der Waals surface area contributed by atoms with Crippen LogP contribution in [-0.4, -0.2) is 27.5 Å². The third-order valence-corrected chi connectivity index (χ3v) is 5.76. The van der Waals surface area contributed by atoms with Crippen molar-refractivity contribution in [1.82, 2.24) is 4.98 Å². The van der Waals surface area contributed by atoms with E-state index in [1.54, 1.807) is 23.1 Å². The molecule has 23 heavy (non-hydrogen) atoms. The molecule has 1 aromatic heterocycles. The summed E-state index contributed by atoms with van der Waals surface area (Å²) in [5, 5.41) is 1.61. The van der Waals surface area contributed by atoms with E-state index in [1.165, 1.54) is 6.07 Å². The number of sulfone groups is 1. The minimum atomic E-state index is -3.64. The average molecular weight is 391 g/mol. The van der Waals surface area contributed by atoms with Gasteiger partial charge in [0.1, 0.15) is 10.4 Å². The standard InChI is InChI=1S/C17H15BrN2O2S/c1-20(2)17-11-13(10-16(18)19-17)23(21,22)15-9-5-7-12-6-3-4-8-14(12)15/h3-11H,1-2H3. The van der Waals surface area contributed by atoms with E-state index in [1.807, 2.05) is 44.4 Å². The summed E-state index contributed by atoms with van der Waals surface area (Å²) in [4.78, 5) is 6.58. The molecule has 6 heteroatoms. The molecule has 118 valence electrons. The van der Waals surface area contributed by atoms with Crippen LogP contribution < -0.4 is 4.90 Å². The molecular formula is C17H15BrN2O2S. The van der Waals surface area contributed by atoms with Gasteiger partial charge < -0.3 is 4.90 Å². The Morgan fingerprint density at radius 3 is 2.43 bits per heavy atom. The molecule has 0 aliphatic carbocycles. The molecule has 3 rings (SSSR count). The maximum absolute atomic E-state index is 13.1. The van der Waals surface area contributed by atoms with Crippen LogP contribution in [0.3, 0.4) is 0 Å². The summed E-state index contributed by atoms with van der Waals surface area (Å²) >= 11 is 3.29. The molecule has 0 saturated heterocycles. The van der Waals surface area contributed by atoms with Gasteiger partial charge in [0.2, 0.25) is 9.84 Å². The second kappa shape index (κ2) is 5.94. The lowest BCUT2D eigenvalue weighted by Crippen LogP contribution is -2.12. The van der Waals surface area contributed by atoms with E-state index in [0.717, 1.165) is 5.39 Å². The summed E-state index contributed by atoms with van der Waals surface area (Å²) in [6.45, 7) is 0. The highest BCUT2D eigenvalue weighted by Gasteiger charge is 2.22. The van der Waals surface area contributed by atoms with Gasteiger partial charge in [-0.25, -0.2) is 13.4 Å². The van der Waals surface area contributed by atoms with Crippen molar-refractivity contribution in [3.63, 3.8) is 0 Å². The van der Waals surface area contributed by atoms with Gasteiger partial charge in [0, 0.05) is 19.5 Å². The number of pyridine rings is 1. The third-order valence-electron chi connectivity index (χ3n) is 3.56. The van der Waals surface area contributed by atoms with E-state index in [2.05, 4.69) is 20.9 Å². The molecule has 0 N–H and O–H groups in total. The first-order chi connectivity index (χ1) is 10.9. The minimum Gasteiger partial charge on any atom is -0.363 e. The van der Waals surface area contributed by atoms with Gasteiger partial charge in [-0.1, -0.05) is 36.4 Å². The number of halogens is 1. The van der Waals surface area contributed by atoms with Crippen LogP contribution in [0.15, 0.2) is 69.0 Å². The fourth-order valence-corrected chi connectivity index (χ4v) is 4.50. The highest BCUT2D eigenvalue weighted by molar-refractivity contribution is 9.10. The number of rotatable bonds is 3. The van der Waals surface area contributed by atoms with E-state index in [4.69, 9.17) is 0 Å². The van der Waals surface area contributed by atoms with Crippen molar-refractivity contribution >= 4 is 42.4 Å². The van der Waals surface area contributed by atoms with Crippen molar-refractivity contribution in [3.8, 4) is 0 Å². The highest BCUT2D eigenvalue weighted by Crippen LogP contribution is 2.30. The van der Waals surface area contributed by atoms with E-state index in [0.29, 0.717) is 20.7 Å². The Kier molecular flexibility index (Phi) is 4.12. The molecule has 3 aromatic rings. The summed E-state index contributed by atoms with van der Waals surface area (Å²) in [6.07, 6.45) is 0. The molecule has 0 spiro atoms. The normalized spacial score (nSPS) is 11.6. The SMILES string of the molecule is CN(C)c1cc(S(=O)(=O)c2cccc3ccccc23)cc(Br)n1. The van der Waals surface area contributed by atoms with Gasteiger partial charge in [0.05, 0.1) is 9.79 Å². The third kappa shape index (κ3) is 2.96. The van der Waals surface area contributed by atoms with Gasteiger partial charge in [-0.3, -0.25) is 0 Å². The number of aromatic nitrogens is 1. The van der Waals surface area contributed by atoms with Crippen LogP contribution in [0.1, 0.15) is 0 Å². The van der Waals surface area contributed by atoms with Gasteiger partial charge in [-0.05, 0) is 39.5 Å². The second-order valence-corrected chi connectivity index (χ2v) is 8.09. The molecule has 0 amide bonds. The zero-order valence-electron chi connectivity index (χ0n) is 12.7. The van der Waals surface area contributed by atoms with Crippen LogP contribution >= 0.6 is 15.9 Å². The minimum absolute atomic E-state index is 0.222. The maximum atomic E-state index is 13.1. The first-order valence-electron chi connectivity index (χ1n) is 6.97. The predicted octanol–water partition coefficient (Wildman–Crippen LogP) is 3.90. The van der Waals surface area contributed by atoms with Crippen molar-refractivity contribution in [2.75, 3.05) is 19.0 Å². The van der Waals surface area contributed by atoms with Crippen molar-refractivity contribution in [1.29, 1.82) is 0 Å². The van der Waals surface area contributed by atoms with Gasteiger partial charge in [0.15, 0.2) is 0 Å². The number of anilines is 1. The lowest BCUT2D eigenvalue weighted by atomic mass is 10.1. The van der Waals surface area contributed by atoms with Crippen LogP contribution in [-0.2, 0) is 9.84 Å². The summed E-state index contributed by atoms with van der Waals surface area (Å²) in [6, 6.07) is 15.9. The molecule has 0 bridgehead atoms. The van der Waals surface area contributed by atoms with Crippen molar-refractivity contribution < 1.29 is 8.42 Å². The fourth-order valence-electron chi connectivity index (χ4n) is 2.40. The quantitative estimate of drug-likeness (QED) is 0.636. The Hall–Kier alpha value is -1.92. The van der Waals surface area contributed by atoms with E-state index >= 15 is 0 Å². The molecule has 1 heterocycles. The zero-order chi connectivity index (χ0) is 16.6. The van der Waals surface area contributed by atoms with Gasteiger partial charge >= 0.3 is 0 Å². The van der Waals surface area contributed by atoms with Crippen LogP contribution in [0, 0.1) is 0 Å². The summed E-state index contributed by atoms with van der Waals surface area (Å²) in [5.74, 6) is 0.582. The predicted molar refractivity (Wildman–Crippen MR) is 95.7 cm³/mol. The Morgan fingerprint density at radius 1 is 1.00 bits per heavy atom. The number of benzene rings is 2.